The van der Waals surface area contributed by atoms with E-state index < -0.39 is 0 Å². The van der Waals surface area contributed by atoms with E-state index in [-0.39, 0.29) is 5.82 Å². The second-order valence-corrected chi connectivity index (χ2v) is 8.23. The molecule has 3 heteroatoms. The molecule has 0 spiro atoms. The molecule has 34 heavy (non-hydrogen) atoms. The average Bonchev–Trinajstić information content (AvgIpc) is 3.33. The molecule has 0 aliphatic heterocycles. The lowest BCUT2D eigenvalue weighted by atomic mass is 9.97. The smallest absolute Gasteiger partial charge is 0.227 e. The van der Waals surface area contributed by atoms with Crippen LogP contribution >= 0.6 is 0 Å². The SMILES string of the molecule is Fc1cccc(-c2ccc(-c3cccc(-c4ccc(-c5nc6ccccc6o5)cc4)c3)cc2)c1. The van der Waals surface area contributed by atoms with Crippen LogP contribution in [0.5, 0.6) is 0 Å². The second kappa shape index (κ2) is 8.45. The Bertz CT molecular complexity index is 1560. The van der Waals surface area contributed by atoms with E-state index in [1.807, 2.05) is 54.6 Å². The Labute approximate surface area is 197 Å². The number of hydrogen-bond acceptors (Lipinski definition) is 2. The van der Waals surface area contributed by atoms with Crippen molar-refractivity contribution >= 4 is 11.1 Å². The van der Waals surface area contributed by atoms with Gasteiger partial charge in [-0.1, -0.05) is 78.9 Å². The molecule has 162 valence electrons. The molecule has 0 saturated heterocycles. The van der Waals surface area contributed by atoms with Crippen molar-refractivity contribution in [3.63, 3.8) is 0 Å². The van der Waals surface area contributed by atoms with E-state index in [9.17, 15) is 4.39 Å². The van der Waals surface area contributed by atoms with Crippen LogP contribution in [0.15, 0.2) is 126 Å². The summed E-state index contributed by atoms with van der Waals surface area (Å²) in [6.07, 6.45) is 0. The molecule has 0 unspecified atom stereocenters. The predicted molar refractivity (Wildman–Crippen MR) is 136 cm³/mol. The quantitative estimate of drug-likeness (QED) is 0.274. The molecule has 0 bridgehead atoms. The largest absolute Gasteiger partial charge is 0.436 e. The van der Waals surface area contributed by atoms with Gasteiger partial charge in [0.05, 0.1) is 0 Å². The highest BCUT2D eigenvalue weighted by Crippen LogP contribution is 2.31. The second-order valence-electron chi connectivity index (χ2n) is 8.23. The molecule has 0 aliphatic carbocycles. The Balaban J connectivity index is 1.27. The Morgan fingerprint density at radius 1 is 0.471 bits per heavy atom. The van der Waals surface area contributed by atoms with Crippen molar-refractivity contribution < 1.29 is 8.81 Å². The summed E-state index contributed by atoms with van der Waals surface area (Å²) in [5, 5.41) is 0. The van der Waals surface area contributed by atoms with Gasteiger partial charge < -0.3 is 4.42 Å². The summed E-state index contributed by atoms with van der Waals surface area (Å²) in [5.74, 6) is 0.399. The van der Waals surface area contributed by atoms with Crippen molar-refractivity contribution in [2.45, 2.75) is 0 Å². The molecule has 6 rings (SSSR count). The van der Waals surface area contributed by atoms with Crippen LogP contribution in [0.1, 0.15) is 0 Å². The molecule has 0 radical (unpaired) electrons. The van der Waals surface area contributed by atoms with Crippen LogP contribution in [-0.2, 0) is 0 Å². The third kappa shape index (κ3) is 3.89. The fourth-order valence-corrected chi connectivity index (χ4v) is 4.20. The van der Waals surface area contributed by atoms with Crippen molar-refractivity contribution in [1.82, 2.24) is 4.98 Å². The molecule has 5 aromatic carbocycles. The van der Waals surface area contributed by atoms with Crippen molar-refractivity contribution in [3.05, 3.63) is 127 Å². The molecule has 1 aromatic heterocycles. The topological polar surface area (TPSA) is 26.0 Å². The van der Waals surface area contributed by atoms with Gasteiger partial charge in [0.15, 0.2) is 5.58 Å². The summed E-state index contributed by atoms with van der Waals surface area (Å²) in [6, 6.07) is 39.4. The Morgan fingerprint density at radius 3 is 1.59 bits per heavy atom. The zero-order chi connectivity index (χ0) is 22.9. The van der Waals surface area contributed by atoms with E-state index in [1.54, 1.807) is 12.1 Å². The maximum absolute atomic E-state index is 13.6. The zero-order valence-corrected chi connectivity index (χ0v) is 18.3. The molecular formula is C31H20FNO. The van der Waals surface area contributed by atoms with E-state index in [4.69, 9.17) is 4.42 Å². The van der Waals surface area contributed by atoms with Crippen molar-refractivity contribution in [1.29, 1.82) is 0 Å². The Kier molecular flexibility index (Phi) is 5.00. The van der Waals surface area contributed by atoms with Gasteiger partial charge in [-0.15, -0.1) is 0 Å². The van der Waals surface area contributed by atoms with Crippen LogP contribution in [0.2, 0.25) is 0 Å². The first-order chi connectivity index (χ1) is 16.7. The summed E-state index contributed by atoms with van der Waals surface area (Å²) in [5.41, 5.74) is 8.97. The Morgan fingerprint density at radius 2 is 1.00 bits per heavy atom. The van der Waals surface area contributed by atoms with E-state index in [0.29, 0.717) is 5.89 Å². The van der Waals surface area contributed by atoms with Gasteiger partial charge in [0.2, 0.25) is 5.89 Å². The number of halogens is 1. The van der Waals surface area contributed by atoms with Gasteiger partial charge in [-0.25, -0.2) is 9.37 Å². The van der Waals surface area contributed by atoms with Gasteiger partial charge in [0.25, 0.3) is 0 Å². The maximum Gasteiger partial charge on any atom is 0.227 e. The first kappa shape index (κ1) is 20.1. The molecule has 6 aromatic rings. The molecule has 1 heterocycles. The van der Waals surface area contributed by atoms with Gasteiger partial charge in [-0.2, -0.15) is 0 Å². The summed E-state index contributed by atoms with van der Waals surface area (Å²) in [7, 11) is 0. The van der Waals surface area contributed by atoms with Crippen LogP contribution in [0, 0.1) is 5.82 Å². The van der Waals surface area contributed by atoms with Crippen LogP contribution < -0.4 is 0 Å². The first-order valence-corrected chi connectivity index (χ1v) is 11.2. The fraction of sp³-hybridized carbons (Fsp3) is 0. The van der Waals surface area contributed by atoms with E-state index in [1.165, 1.54) is 6.07 Å². The summed E-state index contributed by atoms with van der Waals surface area (Å²) >= 11 is 0. The summed E-state index contributed by atoms with van der Waals surface area (Å²) < 4.78 is 19.5. The third-order valence-electron chi connectivity index (χ3n) is 6.00. The van der Waals surface area contributed by atoms with Crippen LogP contribution in [0.4, 0.5) is 4.39 Å². The van der Waals surface area contributed by atoms with Crippen LogP contribution in [0.25, 0.3) is 55.9 Å². The molecule has 0 amide bonds. The Hall–Kier alpha value is -4.50. The highest BCUT2D eigenvalue weighted by atomic mass is 19.1. The number of benzene rings is 5. The minimum atomic E-state index is -0.226. The summed E-state index contributed by atoms with van der Waals surface area (Å²) in [6.45, 7) is 0. The minimum absolute atomic E-state index is 0.226. The zero-order valence-electron chi connectivity index (χ0n) is 18.3. The average molecular weight is 442 g/mol. The van der Waals surface area contributed by atoms with E-state index in [2.05, 4.69) is 53.5 Å². The van der Waals surface area contributed by atoms with Crippen molar-refractivity contribution in [3.8, 4) is 44.8 Å². The number of para-hydroxylation sites is 2. The van der Waals surface area contributed by atoms with Gasteiger partial charge in [-0.05, 0) is 75.8 Å². The molecule has 0 atom stereocenters. The minimum Gasteiger partial charge on any atom is -0.436 e. The molecule has 0 aliphatic rings. The molecule has 0 fully saturated rings. The maximum atomic E-state index is 13.6. The highest BCUT2D eigenvalue weighted by molar-refractivity contribution is 5.78. The molecular weight excluding hydrogens is 421 g/mol. The number of nitrogens with zero attached hydrogens (tertiary/aromatic N) is 1. The van der Waals surface area contributed by atoms with E-state index in [0.717, 1.165) is 50.0 Å². The van der Waals surface area contributed by atoms with E-state index >= 15 is 0 Å². The third-order valence-corrected chi connectivity index (χ3v) is 6.00. The lowest BCUT2D eigenvalue weighted by molar-refractivity contribution is 0.620. The normalized spacial score (nSPS) is 11.1. The standard InChI is InChI=1S/C31H20FNO/c32-28-8-4-7-27(20-28)23-13-11-21(12-14-23)25-5-3-6-26(19-25)22-15-17-24(18-16-22)31-33-29-9-1-2-10-30(29)34-31/h1-20H. The van der Waals surface area contributed by atoms with Crippen LogP contribution in [0.3, 0.4) is 0 Å². The lowest BCUT2D eigenvalue weighted by Gasteiger charge is -2.08. The number of aromatic nitrogens is 1. The van der Waals surface area contributed by atoms with Gasteiger partial charge in [0.1, 0.15) is 11.3 Å². The highest BCUT2D eigenvalue weighted by Gasteiger charge is 2.09. The van der Waals surface area contributed by atoms with Gasteiger partial charge in [-0.3, -0.25) is 0 Å². The van der Waals surface area contributed by atoms with Gasteiger partial charge >= 0.3 is 0 Å². The molecule has 2 nitrogen and oxygen atoms in total. The predicted octanol–water partition coefficient (Wildman–Crippen LogP) is 8.63. The number of rotatable bonds is 4. The van der Waals surface area contributed by atoms with Crippen molar-refractivity contribution in [2.75, 3.05) is 0 Å². The summed E-state index contributed by atoms with van der Waals surface area (Å²) in [4.78, 5) is 4.59. The molecule has 0 N–H and O–H groups in total. The first-order valence-electron chi connectivity index (χ1n) is 11.2. The van der Waals surface area contributed by atoms with Crippen molar-refractivity contribution in [2.24, 2.45) is 0 Å². The number of hydrogen-bond donors (Lipinski definition) is 0. The fourth-order valence-electron chi connectivity index (χ4n) is 4.20. The number of oxazole rings is 1. The lowest BCUT2D eigenvalue weighted by Crippen LogP contribution is -1.84. The van der Waals surface area contributed by atoms with Gasteiger partial charge in [0, 0.05) is 5.56 Å². The van der Waals surface area contributed by atoms with Crippen LogP contribution in [-0.4, -0.2) is 4.98 Å². The number of fused-ring (bicyclic) bond motifs is 1. The monoisotopic (exact) mass is 441 g/mol. The molecule has 0 saturated carbocycles.